The molecule has 0 saturated carbocycles. The van der Waals surface area contributed by atoms with Crippen LogP contribution in [0, 0.1) is 0 Å². The zero-order valence-electron chi connectivity index (χ0n) is 22.7. The first-order valence-electron chi connectivity index (χ1n) is 14.9. The zero-order chi connectivity index (χ0) is 22.8. The van der Waals surface area contributed by atoms with Gasteiger partial charge in [0.1, 0.15) is 0 Å². The van der Waals surface area contributed by atoms with Crippen LogP contribution in [0.3, 0.4) is 0 Å². The minimum absolute atomic E-state index is 0.821. The minimum atomic E-state index is 0.821. The maximum atomic E-state index is 2.49. The molecule has 0 N–H and O–H groups in total. The molecule has 0 aromatic rings. The summed E-state index contributed by atoms with van der Waals surface area (Å²) in [7, 11) is 4.58. The van der Waals surface area contributed by atoms with Gasteiger partial charge in [0.15, 0.2) is 0 Å². The van der Waals surface area contributed by atoms with E-state index in [0.717, 1.165) is 6.04 Å². The number of hydrogen-bond donors (Lipinski definition) is 0. The summed E-state index contributed by atoms with van der Waals surface area (Å²) < 4.78 is 0. The van der Waals surface area contributed by atoms with Crippen LogP contribution in [0.5, 0.6) is 0 Å². The van der Waals surface area contributed by atoms with Gasteiger partial charge in [-0.2, -0.15) is 0 Å². The van der Waals surface area contributed by atoms with Gasteiger partial charge in [0, 0.05) is 6.04 Å². The zero-order valence-corrected chi connectivity index (χ0v) is 22.7. The normalized spacial score (nSPS) is 12.7. The van der Waals surface area contributed by atoms with E-state index in [1.54, 1.807) is 0 Å². The smallest absolute Gasteiger partial charge is 0.00891 e. The Morgan fingerprint density at radius 3 is 0.806 bits per heavy atom. The molecule has 0 aromatic carbocycles. The van der Waals surface area contributed by atoms with E-state index in [0.29, 0.717) is 0 Å². The fourth-order valence-electron chi connectivity index (χ4n) is 4.93. The van der Waals surface area contributed by atoms with Crippen molar-refractivity contribution in [3.8, 4) is 0 Å². The van der Waals surface area contributed by atoms with Gasteiger partial charge in [-0.3, -0.25) is 0 Å². The lowest BCUT2D eigenvalue weighted by Crippen LogP contribution is -2.27. The Bertz CT molecular complexity index is 312. The highest BCUT2D eigenvalue weighted by atomic mass is 15.1. The van der Waals surface area contributed by atoms with Gasteiger partial charge in [-0.25, -0.2) is 0 Å². The lowest BCUT2D eigenvalue weighted by atomic mass is 9.99. The van der Waals surface area contributed by atoms with Crippen molar-refractivity contribution in [1.82, 2.24) is 4.90 Å². The number of rotatable bonds is 26. The average Bonchev–Trinajstić information content (AvgIpc) is 2.76. The molecule has 0 fully saturated rings. The second kappa shape index (κ2) is 26.2. The molecule has 1 atom stereocenters. The third-order valence-corrected chi connectivity index (χ3v) is 7.26. The monoisotopic (exact) mass is 437 g/mol. The molecule has 0 amide bonds. The highest BCUT2D eigenvalue weighted by Crippen LogP contribution is 2.18. The SMILES string of the molecule is CCCCCCCCCCCCCCCCCC(CCCCCCCCCC)N(C)C. The van der Waals surface area contributed by atoms with Gasteiger partial charge in [-0.1, -0.05) is 162 Å². The fraction of sp³-hybridized carbons (Fsp3) is 1.00. The van der Waals surface area contributed by atoms with Crippen molar-refractivity contribution < 1.29 is 0 Å². The van der Waals surface area contributed by atoms with Crippen LogP contribution >= 0.6 is 0 Å². The van der Waals surface area contributed by atoms with Crippen LogP contribution in [0.25, 0.3) is 0 Å². The molecule has 1 nitrogen and oxygen atoms in total. The van der Waals surface area contributed by atoms with Crippen molar-refractivity contribution in [3.63, 3.8) is 0 Å². The minimum Gasteiger partial charge on any atom is -0.306 e. The highest BCUT2D eigenvalue weighted by molar-refractivity contribution is 4.67. The summed E-state index contributed by atoms with van der Waals surface area (Å²) >= 11 is 0. The third kappa shape index (κ3) is 24.4. The van der Waals surface area contributed by atoms with E-state index in [-0.39, 0.29) is 0 Å². The first-order chi connectivity index (χ1) is 15.2. The van der Waals surface area contributed by atoms with Crippen LogP contribution in [0.4, 0.5) is 0 Å². The predicted molar refractivity (Wildman–Crippen MR) is 144 cm³/mol. The highest BCUT2D eigenvalue weighted by Gasteiger charge is 2.10. The largest absolute Gasteiger partial charge is 0.306 e. The maximum Gasteiger partial charge on any atom is 0.00891 e. The molecule has 0 aromatic heterocycles. The molecule has 0 rings (SSSR count). The predicted octanol–water partition coefficient (Wildman–Crippen LogP) is 10.7. The lowest BCUT2D eigenvalue weighted by Gasteiger charge is -2.24. The molecule has 0 spiro atoms. The van der Waals surface area contributed by atoms with Gasteiger partial charge in [-0.15, -0.1) is 0 Å². The Labute approximate surface area is 199 Å². The van der Waals surface area contributed by atoms with Crippen LogP contribution in [0.1, 0.15) is 174 Å². The number of hydrogen-bond acceptors (Lipinski definition) is 1. The van der Waals surface area contributed by atoms with Gasteiger partial charge in [-0.05, 0) is 26.9 Å². The standard InChI is InChI=1S/C30H63N/c1-5-7-9-11-13-15-16-17-18-19-20-21-23-25-27-29-30(31(3)4)28-26-24-22-14-12-10-8-6-2/h30H,5-29H2,1-4H3. The summed E-state index contributed by atoms with van der Waals surface area (Å²) in [5.74, 6) is 0. The molecule has 188 valence electrons. The van der Waals surface area contributed by atoms with Crippen molar-refractivity contribution in [3.05, 3.63) is 0 Å². The number of nitrogens with zero attached hydrogens (tertiary/aromatic N) is 1. The maximum absolute atomic E-state index is 2.49. The van der Waals surface area contributed by atoms with Crippen molar-refractivity contribution in [2.24, 2.45) is 0 Å². The van der Waals surface area contributed by atoms with Crippen LogP contribution in [0.15, 0.2) is 0 Å². The Morgan fingerprint density at radius 1 is 0.355 bits per heavy atom. The van der Waals surface area contributed by atoms with Crippen LogP contribution in [0.2, 0.25) is 0 Å². The Kier molecular flexibility index (Phi) is 26.2. The average molecular weight is 438 g/mol. The van der Waals surface area contributed by atoms with Crippen LogP contribution in [-0.2, 0) is 0 Å². The van der Waals surface area contributed by atoms with E-state index in [9.17, 15) is 0 Å². The van der Waals surface area contributed by atoms with E-state index < -0.39 is 0 Å². The molecule has 0 radical (unpaired) electrons. The lowest BCUT2D eigenvalue weighted by molar-refractivity contribution is 0.251. The Morgan fingerprint density at radius 2 is 0.581 bits per heavy atom. The summed E-state index contributed by atoms with van der Waals surface area (Å²) in [6.07, 6.45) is 36.3. The van der Waals surface area contributed by atoms with Crippen molar-refractivity contribution in [2.75, 3.05) is 14.1 Å². The van der Waals surface area contributed by atoms with Gasteiger partial charge in [0.05, 0.1) is 0 Å². The molecule has 0 heterocycles. The first-order valence-corrected chi connectivity index (χ1v) is 14.9. The molecule has 1 heteroatoms. The Balaban J connectivity index is 3.37. The topological polar surface area (TPSA) is 3.24 Å². The van der Waals surface area contributed by atoms with Crippen LogP contribution < -0.4 is 0 Å². The molecule has 0 aliphatic heterocycles. The Hall–Kier alpha value is -0.0400. The summed E-state index contributed by atoms with van der Waals surface area (Å²) in [5, 5.41) is 0. The molecule has 31 heavy (non-hydrogen) atoms. The molecule has 1 unspecified atom stereocenters. The van der Waals surface area contributed by atoms with Gasteiger partial charge >= 0.3 is 0 Å². The van der Waals surface area contributed by atoms with Crippen molar-refractivity contribution in [1.29, 1.82) is 0 Å². The van der Waals surface area contributed by atoms with E-state index in [1.807, 2.05) is 0 Å². The van der Waals surface area contributed by atoms with Crippen LogP contribution in [-0.4, -0.2) is 25.0 Å². The van der Waals surface area contributed by atoms with Gasteiger partial charge in [0.25, 0.3) is 0 Å². The molecule has 0 saturated heterocycles. The fourth-order valence-corrected chi connectivity index (χ4v) is 4.93. The molecule has 0 aliphatic rings. The van der Waals surface area contributed by atoms with E-state index in [1.165, 1.54) is 161 Å². The quantitative estimate of drug-likeness (QED) is 0.122. The summed E-state index contributed by atoms with van der Waals surface area (Å²) in [5.41, 5.74) is 0. The van der Waals surface area contributed by atoms with Crippen molar-refractivity contribution >= 4 is 0 Å². The summed E-state index contributed by atoms with van der Waals surface area (Å²) in [4.78, 5) is 2.49. The van der Waals surface area contributed by atoms with E-state index in [2.05, 4.69) is 32.8 Å². The number of unbranched alkanes of at least 4 members (excludes halogenated alkanes) is 21. The first kappa shape index (κ1) is 31.0. The molecular formula is C30H63N. The summed E-state index contributed by atoms with van der Waals surface area (Å²) in [6.45, 7) is 4.61. The summed E-state index contributed by atoms with van der Waals surface area (Å²) in [6, 6.07) is 0.821. The third-order valence-electron chi connectivity index (χ3n) is 7.26. The van der Waals surface area contributed by atoms with E-state index in [4.69, 9.17) is 0 Å². The van der Waals surface area contributed by atoms with Crippen molar-refractivity contribution in [2.45, 2.75) is 180 Å². The van der Waals surface area contributed by atoms with E-state index >= 15 is 0 Å². The van der Waals surface area contributed by atoms with Gasteiger partial charge in [0.2, 0.25) is 0 Å². The van der Waals surface area contributed by atoms with Gasteiger partial charge < -0.3 is 4.90 Å². The second-order valence-electron chi connectivity index (χ2n) is 10.6. The molecule has 0 bridgehead atoms. The second-order valence-corrected chi connectivity index (χ2v) is 10.6. The molecule has 0 aliphatic carbocycles. The molecular weight excluding hydrogens is 374 g/mol.